The van der Waals surface area contributed by atoms with Crippen molar-refractivity contribution in [3.8, 4) is 40.9 Å². The molecule has 0 saturated heterocycles. The number of ether oxygens (including phenoxy) is 3. The molecule has 258 valence electrons. The van der Waals surface area contributed by atoms with Crippen LogP contribution >= 0.6 is 0 Å². The average Bonchev–Trinajstić information content (AvgIpc) is 3.11. The van der Waals surface area contributed by atoms with E-state index in [1.54, 1.807) is 24.3 Å². The van der Waals surface area contributed by atoms with E-state index in [1.807, 2.05) is 43.3 Å². The minimum atomic E-state index is -0.924. The number of aryl methyl sites for hydroxylation is 1. The Morgan fingerprint density at radius 2 is 0.979 bits per heavy atom. The monoisotopic (exact) mass is 656 g/mol. The first-order valence-corrected chi connectivity index (χ1v) is 17.3. The Morgan fingerprint density at radius 1 is 0.562 bits per heavy atom. The zero-order chi connectivity index (χ0) is 34.4. The molecule has 7 heteroatoms. The quantitative estimate of drug-likeness (QED) is 0.0806. The molecule has 2 atom stereocenters. The van der Waals surface area contributed by atoms with Gasteiger partial charge < -0.3 is 34.6 Å². The lowest BCUT2D eigenvalue weighted by Gasteiger charge is -2.12. The molecule has 0 radical (unpaired) electrons. The van der Waals surface area contributed by atoms with Crippen molar-refractivity contribution in [2.75, 3.05) is 33.0 Å². The van der Waals surface area contributed by atoms with Crippen LogP contribution in [-0.2, 0) is 0 Å². The maximum absolute atomic E-state index is 9.53. The first-order chi connectivity index (χ1) is 23.4. The highest BCUT2D eigenvalue weighted by molar-refractivity contribution is 5.61. The van der Waals surface area contributed by atoms with E-state index < -0.39 is 12.2 Å². The van der Waals surface area contributed by atoms with Crippen molar-refractivity contribution < 1.29 is 34.6 Å². The van der Waals surface area contributed by atoms with Crippen molar-refractivity contribution in [3.05, 3.63) is 88.5 Å². The van der Waals surface area contributed by atoms with Crippen LogP contribution in [0.3, 0.4) is 0 Å². The van der Waals surface area contributed by atoms with Gasteiger partial charge in [0.1, 0.15) is 36.9 Å². The summed E-state index contributed by atoms with van der Waals surface area (Å²) in [4.78, 5) is 0. The van der Waals surface area contributed by atoms with Crippen LogP contribution in [0, 0.1) is 30.6 Å². The standard InChI is InChI=1S/C41H52O7/c1-3-4-5-6-7-8-9-10-11-12-25-46-41-35(19-13-33-15-21-39(22-16-33)47-30-37(44)28-42)26-32(2)27-36(41)20-14-34-17-23-40(24-18-34)48-31-38(45)29-43/h15-18,21-24,26-27,37-38,42-45H,3-12,25,28-31H2,1-2H3. The highest BCUT2D eigenvalue weighted by Gasteiger charge is 2.10. The fourth-order valence-electron chi connectivity index (χ4n) is 4.92. The van der Waals surface area contributed by atoms with Gasteiger partial charge in [-0.25, -0.2) is 0 Å². The van der Waals surface area contributed by atoms with E-state index in [2.05, 4.69) is 30.6 Å². The maximum atomic E-state index is 9.53. The van der Waals surface area contributed by atoms with Crippen LogP contribution in [0.1, 0.15) is 98.9 Å². The molecule has 0 spiro atoms. The number of hydrogen-bond acceptors (Lipinski definition) is 7. The van der Waals surface area contributed by atoms with Crippen molar-refractivity contribution >= 4 is 0 Å². The summed E-state index contributed by atoms with van der Waals surface area (Å²) >= 11 is 0. The molecule has 2 unspecified atom stereocenters. The molecule has 4 N–H and O–H groups in total. The van der Waals surface area contributed by atoms with Gasteiger partial charge in [-0.1, -0.05) is 88.4 Å². The number of aliphatic hydroxyl groups excluding tert-OH is 4. The third kappa shape index (κ3) is 14.8. The SMILES string of the molecule is CCCCCCCCCCCCOc1c(C#Cc2ccc(OCC(O)CO)cc2)cc(C)cc1C#Cc1ccc(OCC(O)CO)cc1. The molecule has 0 aliphatic carbocycles. The molecule has 3 rings (SSSR count). The summed E-state index contributed by atoms with van der Waals surface area (Å²) in [5, 5.41) is 37.1. The lowest BCUT2D eigenvalue weighted by Crippen LogP contribution is -2.21. The largest absolute Gasteiger partial charge is 0.491 e. The highest BCUT2D eigenvalue weighted by atomic mass is 16.5. The van der Waals surface area contributed by atoms with Crippen molar-refractivity contribution in [1.29, 1.82) is 0 Å². The summed E-state index contributed by atoms with van der Waals surface area (Å²) in [5.41, 5.74) is 4.16. The van der Waals surface area contributed by atoms with E-state index in [-0.39, 0.29) is 26.4 Å². The molecule has 0 bridgehead atoms. The Kier molecular flexibility index (Phi) is 18.1. The van der Waals surface area contributed by atoms with Crippen LogP contribution in [0.15, 0.2) is 60.7 Å². The van der Waals surface area contributed by atoms with Crippen molar-refractivity contribution in [3.63, 3.8) is 0 Å². The lowest BCUT2D eigenvalue weighted by molar-refractivity contribution is 0.0536. The van der Waals surface area contributed by atoms with E-state index in [1.165, 1.54) is 51.4 Å². The molecule has 3 aromatic rings. The predicted molar refractivity (Wildman–Crippen MR) is 191 cm³/mol. The van der Waals surface area contributed by atoms with E-state index in [4.69, 9.17) is 24.4 Å². The first kappa shape index (κ1) is 38.5. The fourth-order valence-corrected chi connectivity index (χ4v) is 4.92. The molecular weight excluding hydrogens is 604 g/mol. The van der Waals surface area contributed by atoms with Gasteiger partial charge >= 0.3 is 0 Å². The normalized spacial score (nSPS) is 11.9. The topological polar surface area (TPSA) is 109 Å². The van der Waals surface area contributed by atoms with Crippen molar-refractivity contribution in [2.45, 2.75) is 90.3 Å². The van der Waals surface area contributed by atoms with Gasteiger partial charge in [-0.2, -0.15) is 0 Å². The molecule has 0 saturated carbocycles. The van der Waals surface area contributed by atoms with Gasteiger partial charge in [0.25, 0.3) is 0 Å². The minimum absolute atomic E-state index is 0.0149. The summed E-state index contributed by atoms with van der Waals surface area (Å²) in [5.74, 6) is 14.9. The van der Waals surface area contributed by atoms with Crippen LogP contribution in [0.4, 0.5) is 0 Å². The fraction of sp³-hybridized carbons (Fsp3) is 0.463. The number of rotatable bonds is 20. The van der Waals surface area contributed by atoms with Crippen LogP contribution in [0.25, 0.3) is 0 Å². The second kappa shape index (κ2) is 22.6. The number of unbranched alkanes of at least 4 members (excludes halogenated alkanes) is 9. The molecule has 3 aromatic carbocycles. The van der Waals surface area contributed by atoms with Gasteiger partial charge in [-0.3, -0.25) is 0 Å². The zero-order valence-electron chi connectivity index (χ0n) is 28.5. The molecule has 0 aliphatic rings. The molecule has 0 fully saturated rings. The van der Waals surface area contributed by atoms with Gasteiger partial charge in [0.15, 0.2) is 5.75 Å². The number of hydrogen-bond donors (Lipinski definition) is 4. The van der Waals surface area contributed by atoms with Gasteiger partial charge in [-0.15, -0.1) is 0 Å². The van der Waals surface area contributed by atoms with Crippen LogP contribution in [-0.4, -0.2) is 65.7 Å². The summed E-state index contributed by atoms with van der Waals surface area (Å²) in [6, 6.07) is 18.6. The third-order valence-electron chi connectivity index (χ3n) is 7.68. The van der Waals surface area contributed by atoms with Gasteiger partial charge in [0, 0.05) is 11.1 Å². The molecule has 0 amide bonds. The van der Waals surface area contributed by atoms with Crippen LogP contribution in [0.5, 0.6) is 17.2 Å². The third-order valence-corrected chi connectivity index (χ3v) is 7.68. The first-order valence-electron chi connectivity index (χ1n) is 17.3. The Balaban J connectivity index is 1.73. The minimum Gasteiger partial charge on any atom is -0.491 e. The summed E-state index contributed by atoms with van der Waals surface area (Å²) < 4.78 is 17.4. The number of aliphatic hydroxyl groups is 4. The highest BCUT2D eigenvalue weighted by Crippen LogP contribution is 2.26. The smallest absolute Gasteiger partial charge is 0.150 e. The van der Waals surface area contributed by atoms with Gasteiger partial charge in [-0.05, 0) is 79.6 Å². The molecule has 0 heterocycles. The van der Waals surface area contributed by atoms with Gasteiger partial charge in [0.2, 0.25) is 0 Å². The van der Waals surface area contributed by atoms with E-state index >= 15 is 0 Å². The molecule has 7 nitrogen and oxygen atoms in total. The van der Waals surface area contributed by atoms with Crippen molar-refractivity contribution in [2.24, 2.45) is 0 Å². The summed E-state index contributed by atoms with van der Waals surface area (Å²) in [7, 11) is 0. The average molecular weight is 657 g/mol. The van der Waals surface area contributed by atoms with Crippen molar-refractivity contribution in [1.82, 2.24) is 0 Å². The molecule has 0 aromatic heterocycles. The van der Waals surface area contributed by atoms with Crippen LogP contribution < -0.4 is 14.2 Å². The lowest BCUT2D eigenvalue weighted by atomic mass is 10.0. The second-order valence-electron chi connectivity index (χ2n) is 12.1. The van der Waals surface area contributed by atoms with E-state index in [9.17, 15) is 10.2 Å². The van der Waals surface area contributed by atoms with Gasteiger partial charge in [0.05, 0.1) is 30.9 Å². The van der Waals surface area contributed by atoms with E-state index in [0.717, 1.165) is 40.7 Å². The predicted octanol–water partition coefficient (Wildman–Crippen LogP) is 6.56. The Hall–Kier alpha value is -3.98. The summed E-state index contributed by atoms with van der Waals surface area (Å²) in [6.07, 6.45) is 10.7. The Bertz CT molecular complexity index is 1360. The van der Waals surface area contributed by atoms with E-state index in [0.29, 0.717) is 23.9 Å². The summed E-state index contributed by atoms with van der Waals surface area (Å²) in [6.45, 7) is 4.18. The zero-order valence-corrected chi connectivity index (χ0v) is 28.5. The molecular formula is C41H52O7. The Morgan fingerprint density at radius 3 is 1.40 bits per heavy atom. The van der Waals surface area contributed by atoms with Crippen LogP contribution in [0.2, 0.25) is 0 Å². The maximum Gasteiger partial charge on any atom is 0.150 e. The Labute approximate surface area is 286 Å². The molecule has 0 aliphatic heterocycles. The second-order valence-corrected chi connectivity index (χ2v) is 12.1. The molecule has 48 heavy (non-hydrogen) atoms. The number of benzene rings is 3.